The fraction of sp³-hybridized carbons (Fsp3) is 0.579. The van der Waals surface area contributed by atoms with Gasteiger partial charge in [-0.15, -0.1) is 0 Å². The molecule has 1 N–H and O–H groups in total. The van der Waals surface area contributed by atoms with Gasteiger partial charge in [-0.3, -0.25) is 0 Å². The van der Waals surface area contributed by atoms with Crippen LogP contribution in [0.3, 0.4) is 0 Å². The number of H-pyrrole nitrogens is 1. The van der Waals surface area contributed by atoms with Crippen LogP contribution in [-0.4, -0.2) is 35.7 Å². The van der Waals surface area contributed by atoms with Crippen LogP contribution in [0, 0.1) is 5.92 Å². The third-order valence-electron chi connectivity index (χ3n) is 5.92. The zero-order valence-electron chi connectivity index (χ0n) is 14.1. The van der Waals surface area contributed by atoms with Crippen molar-refractivity contribution in [3.8, 4) is 0 Å². The predicted octanol–water partition coefficient (Wildman–Crippen LogP) is 4.64. The first kappa shape index (κ1) is 16.0. The Balaban J connectivity index is 1.78. The summed E-state index contributed by atoms with van der Waals surface area (Å²) in [5, 5.41) is 1.27. The van der Waals surface area contributed by atoms with E-state index in [1.807, 2.05) is 7.05 Å². The number of rotatable bonds is 2. The van der Waals surface area contributed by atoms with Gasteiger partial charge in [-0.2, -0.15) is 13.2 Å². The summed E-state index contributed by atoms with van der Waals surface area (Å²) >= 11 is 0. The molecule has 24 heavy (non-hydrogen) atoms. The van der Waals surface area contributed by atoms with Crippen molar-refractivity contribution in [3.63, 3.8) is 0 Å². The summed E-state index contributed by atoms with van der Waals surface area (Å²) in [6, 6.07) is 4.57. The van der Waals surface area contributed by atoms with Gasteiger partial charge in [-0.1, -0.05) is 13.0 Å². The van der Waals surface area contributed by atoms with Crippen LogP contribution >= 0.6 is 0 Å². The number of benzene rings is 1. The highest BCUT2D eigenvalue weighted by atomic mass is 19.4. The van der Waals surface area contributed by atoms with Crippen molar-refractivity contribution >= 4 is 10.9 Å². The maximum absolute atomic E-state index is 12.9. The quantitative estimate of drug-likeness (QED) is 0.846. The molecule has 0 saturated carbocycles. The molecule has 1 saturated heterocycles. The number of hydrogen-bond acceptors (Lipinski definition) is 1. The summed E-state index contributed by atoms with van der Waals surface area (Å²) in [6.07, 6.45) is -0.165. The molecule has 1 aromatic heterocycles. The van der Waals surface area contributed by atoms with Gasteiger partial charge in [0, 0.05) is 42.0 Å². The molecule has 1 aliphatic heterocycles. The van der Waals surface area contributed by atoms with Crippen molar-refractivity contribution in [1.82, 2.24) is 9.88 Å². The fourth-order valence-corrected chi connectivity index (χ4v) is 5.01. The predicted molar refractivity (Wildman–Crippen MR) is 89.3 cm³/mol. The molecule has 5 heteroatoms. The van der Waals surface area contributed by atoms with Crippen molar-refractivity contribution in [3.05, 3.63) is 35.0 Å². The molecule has 1 fully saturated rings. The molecule has 0 unspecified atom stereocenters. The van der Waals surface area contributed by atoms with Crippen LogP contribution in [-0.2, 0) is 12.8 Å². The van der Waals surface area contributed by atoms with E-state index in [0.29, 0.717) is 19.0 Å². The minimum atomic E-state index is -4.08. The highest BCUT2D eigenvalue weighted by Gasteiger charge is 2.43. The topological polar surface area (TPSA) is 19.0 Å². The molecule has 2 aromatic rings. The Bertz CT molecular complexity index is 762. The van der Waals surface area contributed by atoms with Crippen molar-refractivity contribution in [2.75, 3.05) is 13.6 Å². The first-order valence-corrected chi connectivity index (χ1v) is 8.76. The van der Waals surface area contributed by atoms with E-state index in [1.54, 1.807) is 0 Å². The number of likely N-dealkylation sites (tertiary alicyclic amines) is 1. The molecular formula is C19H23F3N2. The van der Waals surface area contributed by atoms with Gasteiger partial charge in [0.25, 0.3) is 0 Å². The Morgan fingerprint density at radius 3 is 2.79 bits per heavy atom. The molecule has 2 aliphatic rings. The molecule has 130 valence electrons. The summed E-state index contributed by atoms with van der Waals surface area (Å²) in [5.41, 5.74) is 5.04. The second-order valence-corrected chi connectivity index (χ2v) is 7.47. The molecule has 0 spiro atoms. The summed E-state index contributed by atoms with van der Waals surface area (Å²) in [5.74, 6) is -0.102. The Kier molecular flexibility index (Phi) is 3.68. The third kappa shape index (κ3) is 2.53. The SMILES string of the molecule is CCc1ccc2[nH]cc3c2c1[C@H]1C[C@H](CC(F)(F)F)CN(C)[C@@H]1C3. The van der Waals surface area contributed by atoms with E-state index in [2.05, 4.69) is 35.1 Å². The highest BCUT2D eigenvalue weighted by molar-refractivity contribution is 5.89. The molecule has 4 rings (SSSR count). The lowest BCUT2D eigenvalue weighted by Crippen LogP contribution is -2.48. The summed E-state index contributed by atoms with van der Waals surface area (Å²) in [6.45, 7) is 2.67. The van der Waals surface area contributed by atoms with E-state index in [-0.39, 0.29) is 11.8 Å². The lowest BCUT2D eigenvalue weighted by atomic mass is 9.70. The van der Waals surface area contributed by atoms with Crippen molar-refractivity contribution in [1.29, 1.82) is 0 Å². The maximum atomic E-state index is 12.9. The van der Waals surface area contributed by atoms with E-state index < -0.39 is 12.6 Å². The fourth-order valence-electron chi connectivity index (χ4n) is 5.01. The average molecular weight is 336 g/mol. The molecule has 0 amide bonds. The van der Waals surface area contributed by atoms with Gasteiger partial charge in [-0.05, 0) is 55.0 Å². The minimum Gasteiger partial charge on any atom is -0.361 e. The average Bonchev–Trinajstić information content (AvgIpc) is 2.91. The lowest BCUT2D eigenvalue weighted by molar-refractivity contribution is -0.149. The van der Waals surface area contributed by atoms with Gasteiger partial charge in [0.15, 0.2) is 0 Å². The smallest absolute Gasteiger partial charge is 0.361 e. The number of alkyl halides is 3. The maximum Gasteiger partial charge on any atom is 0.389 e. The number of aromatic amines is 1. The van der Waals surface area contributed by atoms with Crippen LogP contribution in [0.25, 0.3) is 10.9 Å². The highest BCUT2D eigenvalue weighted by Crippen LogP contribution is 2.47. The standard InChI is InChI=1S/C19H23F3N2/c1-3-12-4-5-15-18-13(9-23-15)7-16-14(17(12)18)6-11(10-24(16)2)8-19(20,21)22/h4-5,9,11,14,16,23H,3,6-8,10H2,1-2H3/t11-,14+,16-/m1/s1. The van der Waals surface area contributed by atoms with Crippen LogP contribution in [0.2, 0.25) is 0 Å². The first-order chi connectivity index (χ1) is 11.4. The minimum absolute atomic E-state index is 0.207. The largest absolute Gasteiger partial charge is 0.389 e. The van der Waals surface area contributed by atoms with Crippen LogP contribution in [0.15, 0.2) is 18.3 Å². The van der Waals surface area contributed by atoms with Gasteiger partial charge in [0.2, 0.25) is 0 Å². The number of fused-ring (bicyclic) bond motifs is 2. The van der Waals surface area contributed by atoms with Gasteiger partial charge in [0.1, 0.15) is 0 Å². The number of piperidine rings is 1. The van der Waals surface area contributed by atoms with E-state index in [1.165, 1.54) is 22.1 Å². The number of aryl methyl sites for hydroxylation is 1. The van der Waals surface area contributed by atoms with Crippen molar-refractivity contribution < 1.29 is 13.2 Å². The molecule has 2 nitrogen and oxygen atoms in total. The Morgan fingerprint density at radius 2 is 2.08 bits per heavy atom. The van der Waals surface area contributed by atoms with E-state index in [0.717, 1.165) is 18.4 Å². The van der Waals surface area contributed by atoms with E-state index in [4.69, 9.17) is 0 Å². The Labute approximate surface area is 140 Å². The molecular weight excluding hydrogens is 313 g/mol. The second-order valence-electron chi connectivity index (χ2n) is 7.47. The summed E-state index contributed by atoms with van der Waals surface area (Å²) < 4.78 is 38.8. The summed E-state index contributed by atoms with van der Waals surface area (Å²) in [4.78, 5) is 5.51. The van der Waals surface area contributed by atoms with Gasteiger partial charge in [0.05, 0.1) is 0 Å². The van der Waals surface area contributed by atoms with Crippen molar-refractivity contribution in [2.45, 2.75) is 50.7 Å². The van der Waals surface area contributed by atoms with Gasteiger partial charge in [-0.25, -0.2) is 0 Å². The molecule has 3 atom stereocenters. The van der Waals surface area contributed by atoms with Crippen LogP contribution in [0.4, 0.5) is 13.2 Å². The monoisotopic (exact) mass is 336 g/mol. The number of hydrogen-bond donors (Lipinski definition) is 1. The zero-order chi connectivity index (χ0) is 17.1. The molecule has 1 aromatic carbocycles. The second kappa shape index (κ2) is 5.51. The first-order valence-electron chi connectivity index (χ1n) is 8.76. The van der Waals surface area contributed by atoms with Gasteiger partial charge < -0.3 is 9.88 Å². The normalized spacial score (nSPS) is 27.5. The van der Waals surface area contributed by atoms with Crippen LogP contribution < -0.4 is 0 Å². The third-order valence-corrected chi connectivity index (χ3v) is 5.92. The summed E-state index contributed by atoms with van der Waals surface area (Å²) in [7, 11) is 1.99. The van der Waals surface area contributed by atoms with Gasteiger partial charge >= 0.3 is 6.18 Å². The number of aromatic nitrogens is 1. The molecule has 1 aliphatic carbocycles. The van der Waals surface area contributed by atoms with E-state index in [9.17, 15) is 13.2 Å². The Hall–Kier alpha value is -1.49. The lowest BCUT2D eigenvalue weighted by Gasteiger charge is -2.46. The zero-order valence-corrected chi connectivity index (χ0v) is 14.1. The number of nitrogens with zero attached hydrogens (tertiary/aromatic N) is 1. The Morgan fingerprint density at radius 1 is 1.29 bits per heavy atom. The molecule has 0 bridgehead atoms. The molecule has 2 heterocycles. The van der Waals surface area contributed by atoms with Crippen LogP contribution in [0.5, 0.6) is 0 Å². The number of halogens is 3. The molecule has 0 radical (unpaired) electrons. The van der Waals surface area contributed by atoms with E-state index >= 15 is 0 Å². The van der Waals surface area contributed by atoms with Crippen molar-refractivity contribution in [2.24, 2.45) is 5.92 Å². The number of likely N-dealkylation sites (N-methyl/N-ethyl adjacent to an activating group) is 1. The van der Waals surface area contributed by atoms with Crippen LogP contribution in [0.1, 0.15) is 42.4 Å². The number of nitrogens with one attached hydrogen (secondary N) is 1.